The summed E-state index contributed by atoms with van der Waals surface area (Å²) in [4.78, 5) is 2.31. The van der Waals surface area contributed by atoms with Gasteiger partial charge in [-0.3, -0.25) is 9.46 Å². The number of benzene rings is 1. The Morgan fingerprint density at radius 3 is 2.28 bits per heavy atom. The molecule has 0 amide bonds. The third-order valence-corrected chi connectivity index (χ3v) is 6.94. The van der Waals surface area contributed by atoms with Crippen LogP contribution in [0.15, 0.2) is 22.7 Å². The number of piperidine rings is 1. The average molecular weight is 440 g/mol. The molecule has 1 fully saturated rings. The number of alkyl halides is 2. The summed E-state index contributed by atoms with van der Waals surface area (Å²) in [5.74, 6) is 0. The lowest BCUT2D eigenvalue weighted by molar-refractivity contribution is 0.0354. The number of hydrogen-bond acceptors (Lipinski definition) is 4. The van der Waals surface area contributed by atoms with Crippen molar-refractivity contribution in [2.24, 2.45) is 0 Å². The lowest BCUT2D eigenvalue weighted by Gasteiger charge is -2.28. The van der Waals surface area contributed by atoms with E-state index in [9.17, 15) is 13.3 Å². The van der Waals surface area contributed by atoms with Gasteiger partial charge in [-0.2, -0.15) is 8.78 Å². The first-order valence-electron chi connectivity index (χ1n) is 8.62. The minimum absolute atomic E-state index is 0.114. The van der Waals surface area contributed by atoms with E-state index in [1.165, 1.54) is 39.2 Å². The van der Waals surface area contributed by atoms with Crippen molar-refractivity contribution in [3.63, 3.8) is 0 Å². The molecule has 1 aromatic carbocycles. The number of nitrogens with zero attached hydrogens (tertiary/aromatic N) is 1. The molecule has 0 spiro atoms. The van der Waals surface area contributed by atoms with Gasteiger partial charge < -0.3 is 9.05 Å². The molecule has 0 aromatic heterocycles. The molecule has 2 rings (SSSR count). The standard InChI is InChI=1S/C17H25BrF2NO3P/c1-3-23-25(22,24-4-2)17(19,20)15-9-8-14(12-16(15)18)13-21-10-6-5-7-11-21/h8-9,12H,3-7,10-11,13H2,1-2H3. The summed E-state index contributed by atoms with van der Waals surface area (Å²) in [5.41, 5.74) is -3.15. The summed E-state index contributed by atoms with van der Waals surface area (Å²) >= 11 is 3.21. The van der Waals surface area contributed by atoms with Crippen LogP contribution in [0.1, 0.15) is 44.2 Å². The van der Waals surface area contributed by atoms with E-state index in [0.29, 0.717) is 0 Å². The van der Waals surface area contributed by atoms with Crippen LogP contribution >= 0.6 is 23.5 Å². The lowest BCUT2D eigenvalue weighted by atomic mass is 10.1. The molecule has 0 N–H and O–H groups in total. The first-order valence-corrected chi connectivity index (χ1v) is 11.0. The molecule has 4 nitrogen and oxygen atoms in total. The fourth-order valence-electron chi connectivity index (χ4n) is 2.96. The number of halogens is 3. The fraction of sp³-hybridized carbons (Fsp3) is 0.647. The summed E-state index contributed by atoms with van der Waals surface area (Å²) in [6, 6.07) is 4.64. The van der Waals surface area contributed by atoms with Crippen LogP contribution in [0.25, 0.3) is 0 Å². The summed E-state index contributed by atoms with van der Waals surface area (Å²) < 4.78 is 52.2. The normalized spacial score (nSPS) is 17.0. The van der Waals surface area contributed by atoms with E-state index in [4.69, 9.17) is 9.05 Å². The molecule has 0 unspecified atom stereocenters. The lowest BCUT2D eigenvalue weighted by Crippen LogP contribution is -2.29. The quantitative estimate of drug-likeness (QED) is 0.483. The molecule has 1 saturated heterocycles. The van der Waals surface area contributed by atoms with Crippen LogP contribution in [0.4, 0.5) is 8.78 Å². The predicted molar refractivity (Wildman–Crippen MR) is 98.0 cm³/mol. The van der Waals surface area contributed by atoms with Crippen molar-refractivity contribution in [3.05, 3.63) is 33.8 Å². The highest BCUT2D eigenvalue weighted by Gasteiger charge is 2.55. The maximum absolute atomic E-state index is 14.9. The fourth-order valence-corrected chi connectivity index (χ4v) is 5.36. The van der Waals surface area contributed by atoms with Crippen LogP contribution in [-0.4, -0.2) is 31.2 Å². The summed E-state index contributed by atoms with van der Waals surface area (Å²) in [6.45, 7) is 5.57. The van der Waals surface area contributed by atoms with Gasteiger partial charge in [-0.1, -0.05) is 34.5 Å². The van der Waals surface area contributed by atoms with Gasteiger partial charge in [0, 0.05) is 16.6 Å². The van der Waals surface area contributed by atoms with E-state index in [1.54, 1.807) is 12.1 Å². The van der Waals surface area contributed by atoms with Crippen LogP contribution in [0, 0.1) is 0 Å². The number of rotatable bonds is 8. The second-order valence-electron chi connectivity index (χ2n) is 6.03. The van der Waals surface area contributed by atoms with Crippen molar-refractivity contribution in [2.45, 2.75) is 45.3 Å². The molecule has 1 aliphatic heterocycles. The molecule has 0 radical (unpaired) electrons. The highest BCUT2D eigenvalue weighted by molar-refractivity contribution is 9.10. The molecule has 142 valence electrons. The molecule has 0 saturated carbocycles. The Balaban J connectivity index is 2.24. The average Bonchev–Trinajstić information content (AvgIpc) is 2.56. The molecule has 8 heteroatoms. The van der Waals surface area contributed by atoms with Gasteiger partial charge in [0.1, 0.15) is 0 Å². The molecule has 1 heterocycles. The second-order valence-corrected chi connectivity index (χ2v) is 8.95. The Bertz CT molecular complexity index is 614. The van der Waals surface area contributed by atoms with Crippen LogP contribution in [0.5, 0.6) is 0 Å². The summed E-state index contributed by atoms with van der Waals surface area (Å²) in [7, 11) is -4.59. The predicted octanol–water partition coefficient (Wildman–Crippen LogP) is 5.75. The van der Waals surface area contributed by atoms with Crippen LogP contribution in [-0.2, 0) is 25.8 Å². The zero-order valence-corrected chi connectivity index (χ0v) is 17.1. The van der Waals surface area contributed by atoms with Gasteiger partial charge in [0.05, 0.1) is 13.2 Å². The van der Waals surface area contributed by atoms with Crippen LogP contribution < -0.4 is 0 Å². The molecular formula is C17H25BrF2NO3P. The van der Waals surface area contributed by atoms with E-state index in [-0.39, 0.29) is 23.2 Å². The van der Waals surface area contributed by atoms with Crippen molar-refractivity contribution < 1.29 is 22.4 Å². The van der Waals surface area contributed by atoms with Crippen molar-refractivity contribution >= 4 is 23.5 Å². The van der Waals surface area contributed by atoms with Crippen LogP contribution in [0.3, 0.4) is 0 Å². The molecule has 25 heavy (non-hydrogen) atoms. The SMILES string of the molecule is CCOP(=O)(OCC)C(F)(F)c1ccc(CN2CCCCC2)cc1Br. The van der Waals surface area contributed by atoms with Crippen LogP contribution in [0.2, 0.25) is 0 Å². The minimum Gasteiger partial charge on any atom is -0.304 e. The number of hydrogen-bond donors (Lipinski definition) is 0. The first-order chi connectivity index (χ1) is 11.8. The highest BCUT2D eigenvalue weighted by atomic mass is 79.9. The van der Waals surface area contributed by atoms with Gasteiger partial charge in [0.2, 0.25) is 0 Å². The topological polar surface area (TPSA) is 38.8 Å². The maximum Gasteiger partial charge on any atom is 0.404 e. The maximum atomic E-state index is 14.9. The summed E-state index contributed by atoms with van der Waals surface area (Å²) in [6.07, 6.45) is 3.59. The smallest absolute Gasteiger partial charge is 0.304 e. The second kappa shape index (κ2) is 9.05. The van der Waals surface area contributed by atoms with E-state index < -0.39 is 13.3 Å². The van der Waals surface area contributed by atoms with E-state index in [0.717, 1.165) is 25.2 Å². The van der Waals surface area contributed by atoms with Gasteiger partial charge >= 0.3 is 13.3 Å². The molecular weight excluding hydrogens is 415 g/mol. The first kappa shape index (κ1) is 21.0. The Labute approximate surface area is 156 Å². The van der Waals surface area contributed by atoms with Crippen molar-refractivity contribution in [3.8, 4) is 0 Å². The molecule has 0 aliphatic carbocycles. The Morgan fingerprint density at radius 2 is 1.76 bits per heavy atom. The van der Waals surface area contributed by atoms with E-state index in [1.807, 2.05) is 0 Å². The van der Waals surface area contributed by atoms with E-state index >= 15 is 0 Å². The zero-order valence-electron chi connectivity index (χ0n) is 14.6. The van der Waals surface area contributed by atoms with Gasteiger partial charge in [-0.15, -0.1) is 0 Å². The van der Waals surface area contributed by atoms with Crippen molar-refractivity contribution in [1.29, 1.82) is 0 Å². The minimum atomic E-state index is -4.59. The molecule has 0 bridgehead atoms. The monoisotopic (exact) mass is 439 g/mol. The van der Waals surface area contributed by atoms with Crippen molar-refractivity contribution in [1.82, 2.24) is 4.90 Å². The largest absolute Gasteiger partial charge is 0.404 e. The molecule has 1 aliphatic rings. The Morgan fingerprint density at radius 1 is 1.16 bits per heavy atom. The van der Waals surface area contributed by atoms with Gasteiger partial charge in [-0.05, 0) is 51.4 Å². The highest BCUT2D eigenvalue weighted by Crippen LogP contribution is 2.67. The summed E-state index contributed by atoms with van der Waals surface area (Å²) in [5, 5.41) is 0. The zero-order chi connectivity index (χ0) is 18.5. The third-order valence-electron chi connectivity index (χ3n) is 4.15. The van der Waals surface area contributed by atoms with E-state index in [2.05, 4.69) is 20.8 Å². The van der Waals surface area contributed by atoms with Gasteiger partial charge in [0.15, 0.2) is 0 Å². The van der Waals surface area contributed by atoms with Gasteiger partial charge in [0.25, 0.3) is 0 Å². The van der Waals surface area contributed by atoms with Crippen molar-refractivity contribution in [2.75, 3.05) is 26.3 Å². The number of likely N-dealkylation sites (tertiary alicyclic amines) is 1. The Hall–Kier alpha value is -0.330. The molecule has 1 aromatic rings. The third kappa shape index (κ3) is 4.89. The molecule has 0 atom stereocenters. The Kier molecular flexibility index (Phi) is 7.59. The van der Waals surface area contributed by atoms with Gasteiger partial charge in [-0.25, -0.2) is 0 Å².